The third-order valence-electron chi connectivity index (χ3n) is 6.65. The standard InChI is InChI=1S/C25H28N6O3/c1-15(2)12-19(30(4)22(32)18-10-7-11-20(26)28-18)23(33)31-14-25(13-21(31)27-3)16-8-5-6-9-17(16)29-24(25)34/h5-11,15,19,21H,12-14H2,1-2,4H3,(H2,26,28)(H,29,34)/t19-,21-,25-/m0/s1. The Morgan fingerprint density at radius 3 is 2.71 bits per heavy atom. The quantitative estimate of drug-likeness (QED) is 0.666. The molecule has 9 heteroatoms. The summed E-state index contributed by atoms with van der Waals surface area (Å²) < 4.78 is 0. The number of hydrogen-bond acceptors (Lipinski definition) is 5. The number of nitrogens with one attached hydrogen (secondary N) is 1. The Morgan fingerprint density at radius 2 is 2.03 bits per heavy atom. The summed E-state index contributed by atoms with van der Waals surface area (Å²) >= 11 is 0. The van der Waals surface area contributed by atoms with Gasteiger partial charge in [0.2, 0.25) is 5.91 Å². The molecule has 1 spiro atoms. The molecule has 1 saturated heterocycles. The minimum atomic E-state index is -0.970. The first-order valence-electron chi connectivity index (χ1n) is 11.3. The number of benzene rings is 1. The van der Waals surface area contributed by atoms with Gasteiger partial charge >= 0.3 is 6.17 Å². The van der Waals surface area contributed by atoms with Crippen LogP contribution >= 0.6 is 0 Å². The largest absolute Gasteiger partial charge is 0.384 e. The molecule has 2 aromatic rings. The number of rotatable bonds is 5. The average molecular weight is 461 g/mol. The summed E-state index contributed by atoms with van der Waals surface area (Å²) in [6, 6.07) is 11.4. The number of nitrogen functional groups attached to an aromatic ring is 1. The molecule has 176 valence electrons. The van der Waals surface area contributed by atoms with Gasteiger partial charge in [-0.15, -0.1) is 0 Å². The number of para-hydroxylation sites is 1. The van der Waals surface area contributed by atoms with E-state index in [4.69, 9.17) is 12.3 Å². The number of likely N-dealkylation sites (N-methyl/N-ethyl adjacent to an activating group) is 1. The predicted octanol–water partition coefficient (Wildman–Crippen LogP) is 2.52. The Bertz CT molecular complexity index is 1190. The van der Waals surface area contributed by atoms with Crippen molar-refractivity contribution in [2.75, 3.05) is 24.6 Å². The van der Waals surface area contributed by atoms with Crippen LogP contribution in [0.2, 0.25) is 0 Å². The summed E-state index contributed by atoms with van der Waals surface area (Å²) in [5, 5.41) is 2.90. The minimum Gasteiger partial charge on any atom is -0.384 e. The van der Waals surface area contributed by atoms with Gasteiger partial charge in [-0.2, -0.15) is 0 Å². The predicted molar refractivity (Wildman–Crippen MR) is 127 cm³/mol. The molecule has 1 fully saturated rings. The molecule has 9 nitrogen and oxygen atoms in total. The van der Waals surface area contributed by atoms with Crippen molar-refractivity contribution < 1.29 is 14.4 Å². The van der Waals surface area contributed by atoms with Gasteiger partial charge in [-0.25, -0.2) is 11.6 Å². The third-order valence-corrected chi connectivity index (χ3v) is 6.65. The van der Waals surface area contributed by atoms with E-state index in [9.17, 15) is 14.4 Å². The molecule has 3 atom stereocenters. The molecule has 1 aromatic carbocycles. The van der Waals surface area contributed by atoms with Crippen LogP contribution < -0.4 is 11.1 Å². The highest BCUT2D eigenvalue weighted by molar-refractivity contribution is 6.07. The molecule has 34 heavy (non-hydrogen) atoms. The van der Waals surface area contributed by atoms with Crippen LogP contribution in [0.3, 0.4) is 0 Å². The Labute approximate surface area is 198 Å². The zero-order valence-corrected chi connectivity index (χ0v) is 19.5. The molecule has 1 aromatic heterocycles. The van der Waals surface area contributed by atoms with Crippen LogP contribution in [0, 0.1) is 12.5 Å². The van der Waals surface area contributed by atoms with Crippen molar-refractivity contribution >= 4 is 29.2 Å². The highest BCUT2D eigenvalue weighted by Gasteiger charge is 2.59. The van der Waals surface area contributed by atoms with E-state index in [0.717, 1.165) is 5.56 Å². The van der Waals surface area contributed by atoms with Crippen molar-refractivity contribution in [1.29, 1.82) is 0 Å². The van der Waals surface area contributed by atoms with Crippen molar-refractivity contribution in [3.05, 3.63) is 65.1 Å². The zero-order valence-electron chi connectivity index (χ0n) is 19.5. The lowest BCUT2D eigenvalue weighted by atomic mass is 9.80. The lowest BCUT2D eigenvalue weighted by Gasteiger charge is -2.32. The van der Waals surface area contributed by atoms with Crippen molar-refractivity contribution in [2.24, 2.45) is 5.92 Å². The minimum absolute atomic E-state index is 0.0922. The first kappa shape index (κ1) is 23.2. The number of carbonyl (C=O) groups excluding carboxylic acids is 3. The second kappa shape index (κ2) is 8.78. The molecule has 0 unspecified atom stereocenters. The summed E-state index contributed by atoms with van der Waals surface area (Å²) in [5.74, 6) is -0.651. The zero-order chi connectivity index (χ0) is 24.6. The van der Waals surface area contributed by atoms with Crippen LogP contribution in [0.1, 0.15) is 42.7 Å². The van der Waals surface area contributed by atoms with E-state index < -0.39 is 23.5 Å². The van der Waals surface area contributed by atoms with Gasteiger partial charge in [0.15, 0.2) is 0 Å². The maximum Gasteiger partial charge on any atom is 0.302 e. The summed E-state index contributed by atoms with van der Waals surface area (Å²) in [6.45, 7) is 11.8. The molecule has 2 aliphatic rings. The lowest BCUT2D eigenvalue weighted by Crippen LogP contribution is -2.51. The van der Waals surface area contributed by atoms with Crippen LogP contribution in [0.25, 0.3) is 4.85 Å². The SMILES string of the molecule is [C-]#[N+][C@@H]1C[C@@]2(CN1C(=O)[C@H](CC(C)C)N(C)C(=O)c1cccc(N)n1)C(=O)Nc1ccccc12. The molecule has 2 aliphatic heterocycles. The van der Waals surface area contributed by atoms with Crippen molar-refractivity contribution in [1.82, 2.24) is 14.8 Å². The molecule has 0 radical (unpaired) electrons. The van der Waals surface area contributed by atoms with Crippen LogP contribution in [0.5, 0.6) is 0 Å². The second-order valence-corrected chi connectivity index (χ2v) is 9.37. The van der Waals surface area contributed by atoms with Gasteiger partial charge in [-0.1, -0.05) is 38.1 Å². The normalized spacial score (nSPS) is 21.8. The summed E-state index contributed by atoms with van der Waals surface area (Å²) in [4.78, 5) is 50.7. The maximum absolute atomic E-state index is 13.9. The fourth-order valence-electron chi connectivity index (χ4n) is 4.91. The number of hydrogen-bond donors (Lipinski definition) is 2. The van der Waals surface area contributed by atoms with Crippen molar-refractivity contribution in [3.8, 4) is 0 Å². The summed E-state index contributed by atoms with van der Waals surface area (Å²) in [5.41, 5.74) is 6.43. The number of anilines is 2. The number of nitrogens with zero attached hydrogens (tertiary/aromatic N) is 4. The van der Waals surface area contributed by atoms with Gasteiger partial charge in [0, 0.05) is 19.3 Å². The van der Waals surface area contributed by atoms with E-state index in [0.29, 0.717) is 12.1 Å². The van der Waals surface area contributed by atoms with E-state index >= 15 is 0 Å². The fraction of sp³-hybridized carbons (Fsp3) is 0.400. The number of carbonyl (C=O) groups is 3. The number of amides is 3. The number of nitrogens with two attached hydrogens (primary N) is 1. The van der Waals surface area contributed by atoms with Crippen LogP contribution in [0.15, 0.2) is 42.5 Å². The van der Waals surface area contributed by atoms with Gasteiger partial charge in [0.1, 0.15) is 23.0 Å². The van der Waals surface area contributed by atoms with E-state index in [1.807, 2.05) is 38.1 Å². The van der Waals surface area contributed by atoms with Gasteiger partial charge in [0.25, 0.3) is 11.8 Å². The van der Waals surface area contributed by atoms with Gasteiger partial charge in [-0.05, 0) is 36.1 Å². The van der Waals surface area contributed by atoms with E-state index in [1.54, 1.807) is 25.2 Å². The van der Waals surface area contributed by atoms with E-state index in [1.165, 1.54) is 9.80 Å². The van der Waals surface area contributed by atoms with Crippen molar-refractivity contribution in [3.63, 3.8) is 0 Å². The van der Waals surface area contributed by atoms with E-state index in [-0.39, 0.29) is 42.2 Å². The van der Waals surface area contributed by atoms with Gasteiger partial charge in [-0.3, -0.25) is 24.1 Å². The first-order valence-corrected chi connectivity index (χ1v) is 11.3. The topological polar surface area (TPSA) is 113 Å². The summed E-state index contributed by atoms with van der Waals surface area (Å²) in [6.07, 6.45) is -0.179. The van der Waals surface area contributed by atoms with Crippen LogP contribution in [-0.4, -0.2) is 58.3 Å². The Kier molecular flexibility index (Phi) is 6.00. The van der Waals surface area contributed by atoms with Crippen molar-refractivity contribution in [2.45, 2.75) is 44.3 Å². The Morgan fingerprint density at radius 1 is 1.29 bits per heavy atom. The first-order chi connectivity index (χ1) is 16.2. The Hall–Kier alpha value is -3.93. The lowest BCUT2D eigenvalue weighted by molar-refractivity contribution is -0.136. The number of fused-ring (bicyclic) bond motifs is 2. The molecule has 4 rings (SSSR count). The third kappa shape index (κ3) is 3.85. The second-order valence-electron chi connectivity index (χ2n) is 9.37. The molecular weight excluding hydrogens is 432 g/mol. The van der Waals surface area contributed by atoms with Gasteiger partial charge < -0.3 is 16.0 Å². The highest BCUT2D eigenvalue weighted by atomic mass is 16.2. The summed E-state index contributed by atoms with van der Waals surface area (Å²) in [7, 11) is 1.56. The molecule has 0 saturated carbocycles. The van der Waals surface area contributed by atoms with Crippen LogP contribution in [0.4, 0.5) is 11.5 Å². The highest BCUT2D eigenvalue weighted by Crippen LogP contribution is 2.47. The van der Waals surface area contributed by atoms with Gasteiger partial charge in [0.05, 0.1) is 6.42 Å². The molecule has 3 N–H and O–H groups in total. The molecule has 0 aliphatic carbocycles. The molecular formula is C25H28N6O3. The number of likely N-dealkylation sites (tertiary alicyclic amines) is 1. The van der Waals surface area contributed by atoms with Crippen LogP contribution in [-0.2, 0) is 15.0 Å². The monoisotopic (exact) mass is 460 g/mol. The average Bonchev–Trinajstić information content (AvgIpc) is 3.34. The molecule has 3 heterocycles. The molecule has 0 bridgehead atoms. The number of aromatic nitrogens is 1. The Balaban J connectivity index is 1.66. The van der Waals surface area contributed by atoms with E-state index in [2.05, 4.69) is 15.1 Å². The molecule has 3 amide bonds. The fourth-order valence-corrected chi connectivity index (χ4v) is 4.91. The number of pyridine rings is 1. The maximum atomic E-state index is 13.9. The smallest absolute Gasteiger partial charge is 0.302 e.